The van der Waals surface area contributed by atoms with E-state index >= 15 is 0 Å². The lowest BCUT2D eigenvalue weighted by molar-refractivity contribution is -0.130. The van der Waals surface area contributed by atoms with Gasteiger partial charge in [-0.1, -0.05) is 24.3 Å². The van der Waals surface area contributed by atoms with E-state index in [0.717, 1.165) is 41.2 Å². The fraction of sp³-hybridized carbons (Fsp3) is 0.464. The van der Waals surface area contributed by atoms with Crippen LogP contribution in [0.4, 0.5) is 0 Å². The predicted octanol–water partition coefficient (Wildman–Crippen LogP) is 3.22. The summed E-state index contributed by atoms with van der Waals surface area (Å²) in [5.74, 6) is 1.79. The zero-order chi connectivity index (χ0) is 25.3. The van der Waals surface area contributed by atoms with E-state index in [2.05, 4.69) is 33.8 Å². The number of carbonyl (C=O) groups is 2. The highest BCUT2D eigenvalue weighted by Gasteiger charge is 2.53. The van der Waals surface area contributed by atoms with Crippen LogP contribution in [-0.4, -0.2) is 55.2 Å². The maximum Gasteiger partial charge on any atom is 0.239 e. The number of amides is 2. The lowest BCUT2D eigenvalue weighted by atomic mass is 9.79. The Morgan fingerprint density at radius 1 is 1.22 bits per heavy atom. The Morgan fingerprint density at radius 3 is 2.78 bits per heavy atom. The van der Waals surface area contributed by atoms with Crippen LogP contribution in [0.25, 0.3) is 11.0 Å². The predicted molar refractivity (Wildman–Crippen MR) is 137 cm³/mol. The van der Waals surface area contributed by atoms with Gasteiger partial charge in [0.2, 0.25) is 11.8 Å². The number of rotatable bonds is 9. The van der Waals surface area contributed by atoms with Crippen molar-refractivity contribution in [2.75, 3.05) is 33.4 Å². The van der Waals surface area contributed by atoms with Gasteiger partial charge in [-0.05, 0) is 56.0 Å². The standard InChI is InChI=1S/C28H34N4O4/c1-4-29-25(33)15-30-26(34)27(2,16-35-3)18-9-10-21-22(13-18)32-24(31-21)14-20-19-7-5-6-8-23(19)36-17-28(20)11-12-28/h5-10,13,20H,4,11-12,14-17H2,1-3H3,(H,29,33)(H,30,34)(H,31,32)/t20-,27?/m1/s1. The number of fused-ring (bicyclic) bond motifs is 2. The summed E-state index contributed by atoms with van der Waals surface area (Å²) in [7, 11) is 1.57. The minimum atomic E-state index is -0.966. The number of aromatic amines is 1. The second-order valence-electron chi connectivity index (χ2n) is 10.3. The van der Waals surface area contributed by atoms with Crippen molar-refractivity contribution in [3.8, 4) is 5.75 Å². The van der Waals surface area contributed by atoms with Crippen molar-refractivity contribution < 1.29 is 19.1 Å². The largest absolute Gasteiger partial charge is 0.493 e. The first kappa shape index (κ1) is 24.3. The number of hydrogen-bond donors (Lipinski definition) is 3. The number of ether oxygens (including phenoxy) is 2. The molecule has 1 saturated carbocycles. The molecule has 1 spiro atoms. The molecule has 2 heterocycles. The SMILES string of the molecule is CCNC(=O)CNC(=O)C(C)(COC)c1ccc2[nH]c(C[C@@H]3c4ccccc4OCC34CC4)nc2c1. The first-order valence-electron chi connectivity index (χ1n) is 12.6. The van der Waals surface area contributed by atoms with Crippen molar-refractivity contribution in [3.05, 3.63) is 59.4 Å². The lowest BCUT2D eigenvalue weighted by Gasteiger charge is -2.33. The average Bonchev–Trinajstić information content (AvgIpc) is 3.54. The quantitative estimate of drug-likeness (QED) is 0.427. The molecule has 2 atom stereocenters. The first-order chi connectivity index (χ1) is 17.4. The minimum absolute atomic E-state index is 0.0743. The van der Waals surface area contributed by atoms with Crippen LogP contribution in [-0.2, 0) is 26.2 Å². The molecule has 36 heavy (non-hydrogen) atoms. The Bertz CT molecular complexity index is 1280. The van der Waals surface area contributed by atoms with Crippen LogP contribution in [0.2, 0.25) is 0 Å². The van der Waals surface area contributed by atoms with Gasteiger partial charge in [0.05, 0.1) is 36.2 Å². The molecule has 5 rings (SSSR count). The monoisotopic (exact) mass is 490 g/mol. The molecule has 1 aromatic heterocycles. The van der Waals surface area contributed by atoms with Crippen LogP contribution in [0, 0.1) is 5.41 Å². The highest BCUT2D eigenvalue weighted by molar-refractivity contribution is 5.92. The van der Waals surface area contributed by atoms with E-state index in [-0.39, 0.29) is 30.4 Å². The molecular formula is C28H34N4O4. The van der Waals surface area contributed by atoms with E-state index in [9.17, 15) is 9.59 Å². The van der Waals surface area contributed by atoms with Crippen molar-refractivity contribution in [1.29, 1.82) is 0 Å². The van der Waals surface area contributed by atoms with Crippen LogP contribution in [0.15, 0.2) is 42.5 Å². The molecular weight excluding hydrogens is 456 g/mol. The van der Waals surface area contributed by atoms with Gasteiger partial charge in [-0.2, -0.15) is 0 Å². The summed E-state index contributed by atoms with van der Waals surface area (Å²) in [6, 6.07) is 14.2. The molecule has 0 saturated heterocycles. The second-order valence-corrected chi connectivity index (χ2v) is 10.3. The average molecular weight is 491 g/mol. The molecule has 190 valence electrons. The number of carbonyl (C=O) groups excluding carboxylic acids is 2. The molecule has 2 aromatic carbocycles. The number of H-pyrrole nitrogens is 1. The van der Waals surface area contributed by atoms with E-state index < -0.39 is 5.41 Å². The van der Waals surface area contributed by atoms with Crippen molar-refractivity contribution >= 4 is 22.8 Å². The van der Waals surface area contributed by atoms with Gasteiger partial charge < -0.3 is 25.1 Å². The first-order valence-corrected chi connectivity index (χ1v) is 12.6. The van der Waals surface area contributed by atoms with Crippen LogP contribution >= 0.6 is 0 Å². The smallest absolute Gasteiger partial charge is 0.239 e. The zero-order valence-electron chi connectivity index (χ0n) is 21.1. The summed E-state index contributed by atoms with van der Waals surface area (Å²) in [4.78, 5) is 33.4. The third kappa shape index (κ3) is 4.46. The normalized spacial score (nSPS) is 19.2. The van der Waals surface area contributed by atoms with Crippen molar-refractivity contribution in [3.63, 3.8) is 0 Å². The summed E-state index contributed by atoms with van der Waals surface area (Å²) >= 11 is 0. The van der Waals surface area contributed by atoms with E-state index in [1.807, 2.05) is 38.1 Å². The molecule has 1 fully saturated rings. The van der Waals surface area contributed by atoms with Crippen LogP contribution in [0.3, 0.4) is 0 Å². The molecule has 1 aliphatic carbocycles. The molecule has 0 bridgehead atoms. The van der Waals surface area contributed by atoms with Crippen LogP contribution < -0.4 is 15.4 Å². The summed E-state index contributed by atoms with van der Waals surface area (Å²) in [5, 5.41) is 5.45. The zero-order valence-corrected chi connectivity index (χ0v) is 21.1. The van der Waals surface area contributed by atoms with Crippen molar-refractivity contribution in [1.82, 2.24) is 20.6 Å². The van der Waals surface area contributed by atoms with Gasteiger partial charge >= 0.3 is 0 Å². The molecule has 3 aromatic rings. The number of hydrogen-bond acceptors (Lipinski definition) is 5. The summed E-state index contributed by atoms with van der Waals surface area (Å²) in [6.07, 6.45) is 3.17. The highest BCUT2D eigenvalue weighted by Crippen LogP contribution is 2.60. The number of nitrogens with one attached hydrogen (secondary N) is 3. The molecule has 2 aliphatic rings. The van der Waals surface area contributed by atoms with E-state index in [1.54, 1.807) is 7.11 Å². The van der Waals surface area contributed by atoms with Crippen molar-refractivity contribution in [2.45, 2.75) is 44.4 Å². The van der Waals surface area contributed by atoms with E-state index in [4.69, 9.17) is 14.5 Å². The Balaban J connectivity index is 1.40. The van der Waals surface area contributed by atoms with Crippen molar-refractivity contribution in [2.24, 2.45) is 5.41 Å². The molecule has 2 amide bonds. The molecule has 8 nitrogen and oxygen atoms in total. The summed E-state index contributed by atoms with van der Waals surface area (Å²) in [6.45, 7) is 5.05. The van der Waals surface area contributed by atoms with Gasteiger partial charge in [0.25, 0.3) is 0 Å². The lowest BCUT2D eigenvalue weighted by Crippen LogP contribution is -2.48. The second kappa shape index (κ2) is 9.58. The number of para-hydroxylation sites is 1. The number of methoxy groups -OCH3 is 1. The minimum Gasteiger partial charge on any atom is -0.493 e. The van der Waals surface area contributed by atoms with E-state index in [0.29, 0.717) is 12.5 Å². The van der Waals surface area contributed by atoms with E-state index in [1.165, 1.54) is 18.4 Å². The molecule has 8 heteroatoms. The maximum atomic E-state index is 13.2. The Morgan fingerprint density at radius 2 is 2.03 bits per heavy atom. The third-order valence-electron chi connectivity index (χ3n) is 7.73. The topological polar surface area (TPSA) is 105 Å². The number of imidazole rings is 1. The van der Waals surface area contributed by atoms with Gasteiger partial charge in [-0.15, -0.1) is 0 Å². The van der Waals surface area contributed by atoms with Gasteiger partial charge in [-0.3, -0.25) is 9.59 Å². The fourth-order valence-corrected chi connectivity index (χ4v) is 5.41. The number of aromatic nitrogens is 2. The Labute approximate surface area is 211 Å². The van der Waals surface area contributed by atoms with Gasteiger partial charge in [-0.25, -0.2) is 4.98 Å². The fourth-order valence-electron chi connectivity index (χ4n) is 5.41. The van der Waals surface area contributed by atoms with Crippen LogP contribution in [0.1, 0.15) is 49.6 Å². The Kier molecular flexibility index (Phi) is 6.47. The van der Waals surface area contributed by atoms with Gasteiger partial charge in [0, 0.05) is 31.4 Å². The highest BCUT2D eigenvalue weighted by atomic mass is 16.5. The number of benzene rings is 2. The number of likely N-dealkylation sites (N-methyl/N-ethyl adjacent to an activating group) is 1. The summed E-state index contributed by atoms with van der Waals surface area (Å²) < 4.78 is 11.5. The number of nitrogens with zero attached hydrogens (tertiary/aromatic N) is 1. The van der Waals surface area contributed by atoms with Crippen LogP contribution in [0.5, 0.6) is 5.75 Å². The summed E-state index contributed by atoms with van der Waals surface area (Å²) in [5.41, 5.74) is 3.04. The molecule has 1 aliphatic heterocycles. The third-order valence-corrected chi connectivity index (χ3v) is 7.73. The van der Waals surface area contributed by atoms with Gasteiger partial charge in [0.15, 0.2) is 0 Å². The van der Waals surface area contributed by atoms with Gasteiger partial charge in [0.1, 0.15) is 11.6 Å². The molecule has 0 radical (unpaired) electrons. The maximum absolute atomic E-state index is 13.2. The molecule has 3 N–H and O–H groups in total. The Hall–Kier alpha value is -3.39. The molecule has 1 unspecified atom stereocenters.